The van der Waals surface area contributed by atoms with E-state index in [1.54, 1.807) is 0 Å². The molecule has 0 aromatic heterocycles. The van der Waals surface area contributed by atoms with Crippen LogP contribution in [0.1, 0.15) is 73.6 Å². The highest BCUT2D eigenvalue weighted by atomic mass is 16.2. The molecule has 2 aliphatic heterocycles. The first kappa shape index (κ1) is 18.5. The molecule has 0 radical (unpaired) electrons. The molecule has 132 valence electrons. The maximum absolute atomic E-state index is 12.9. The van der Waals surface area contributed by atoms with E-state index in [1.165, 1.54) is 37.0 Å². The summed E-state index contributed by atoms with van der Waals surface area (Å²) in [6.07, 6.45) is 5.91. The van der Waals surface area contributed by atoms with Crippen LogP contribution in [0.15, 0.2) is 11.3 Å². The Hall–Kier alpha value is -0.830. The van der Waals surface area contributed by atoms with Gasteiger partial charge in [0.1, 0.15) is 0 Å². The van der Waals surface area contributed by atoms with E-state index in [2.05, 4.69) is 51.3 Å². The Morgan fingerprint density at radius 1 is 1.04 bits per heavy atom. The van der Waals surface area contributed by atoms with Crippen LogP contribution in [-0.2, 0) is 4.79 Å². The summed E-state index contributed by atoms with van der Waals surface area (Å²) >= 11 is 0. The molecule has 2 aliphatic rings. The van der Waals surface area contributed by atoms with Crippen LogP contribution in [0.25, 0.3) is 0 Å². The molecule has 0 unspecified atom stereocenters. The van der Waals surface area contributed by atoms with Crippen LogP contribution >= 0.6 is 0 Å². The topological polar surface area (TPSA) is 23.6 Å². The third-order valence-corrected chi connectivity index (χ3v) is 5.40. The zero-order chi connectivity index (χ0) is 17.3. The van der Waals surface area contributed by atoms with Gasteiger partial charge in [-0.05, 0) is 49.8 Å². The summed E-state index contributed by atoms with van der Waals surface area (Å²) in [6.45, 7) is 17.4. The molecule has 0 bridgehead atoms. The van der Waals surface area contributed by atoms with E-state index < -0.39 is 0 Å². The smallest absolute Gasteiger partial charge is 0.240 e. The van der Waals surface area contributed by atoms with Gasteiger partial charge < -0.3 is 4.90 Å². The van der Waals surface area contributed by atoms with Crippen LogP contribution < -0.4 is 0 Å². The lowest BCUT2D eigenvalue weighted by Crippen LogP contribution is -2.40. The average Bonchev–Trinajstić information content (AvgIpc) is 3.06. The van der Waals surface area contributed by atoms with Gasteiger partial charge in [0.05, 0.1) is 6.54 Å². The summed E-state index contributed by atoms with van der Waals surface area (Å²) in [7, 11) is 0. The Bertz CT molecular complexity index is 465. The largest absolute Gasteiger partial charge is 0.314 e. The van der Waals surface area contributed by atoms with E-state index in [0.717, 1.165) is 26.1 Å². The Morgan fingerprint density at radius 2 is 1.65 bits per heavy atom. The van der Waals surface area contributed by atoms with Crippen LogP contribution in [0.3, 0.4) is 0 Å². The van der Waals surface area contributed by atoms with Crippen molar-refractivity contribution in [2.45, 2.75) is 73.6 Å². The molecule has 2 rings (SSSR count). The minimum absolute atomic E-state index is 0.0253. The fourth-order valence-electron chi connectivity index (χ4n) is 4.38. The van der Waals surface area contributed by atoms with E-state index in [0.29, 0.717) is 12.5 Å². The number of hydrogen-bond acceptors (Lipinski definition) is 2. The Labute approximate surface area is 143 Å². The zero-order valence-electron chi connectivity index (χ0n) is 16.2. The van der Waals surface area contributed by atoms with Gasteiger partial charge in [0, 0.05) is 17.7 Å². The van der Waals surface area contributed by atoms with Gasteiger partial charge in [-0.1, -0.05) is 48.0 Å². The van der Waals surface area contributed by atoms with E-state index in [4.69, 9.17) is 0 Å². The Morgan fingerprint density at radius 3 is 2.17 bits per heavy atom. The van der Waals surface area contributed by atoms with Crippen molar-refractivity contribution in [1.82, 2.24) is 9.80 Å². The van der Waals surface area contributed by atoms with Gasteiger partial charge in [-0.25, -0.2) is 0 Å². The molecule has 0 aromatic carbocycles. The lowest BCUT2D eigenvalue weighted by Gasteiger charge is -2.35. The first-order valence-electron chi connectivity index (χ1n) is 9.43. The maximum atomic E-state index is 12.9. The molecule has 3 heteroatoms. The molecule has 1 fully saturated rings. The van der Waals surface area contributed by atoms with E-state index in [-0.39, 0.29) is 10.8 Å². The van der Waals surface area contributed by atoms with E-state index in [9.17, 15) is 4.79 Å². The summed E-state index contributed by atoms with van der Waals surface area (Å²) in [5, 5.41) is 0. The molecule has 0 N–H and O–H groups in total. The minimum Gasteiger partial charge on any atom is -0.314 e. The van der Waals surface area contributed by atoms with Crippen LogP contribution in [0.2, 0.25) is 0 Å². The fourth-order valence-corrected chi connectivity index (χ4v) is 4.38. The molecular formula is C20H36N2O. The lowest BCUT2D eigenvalue weighted by atomic mass is 9.75. The highest BCUT2D eigenvalue weighted by Gasteiger charge is 2.39. The van der Waals surface area contributed by atoms with Gasteiger partial charge in [0.25, 0.3) is 0 Å². The molecule has 23 heavy (non-hydrogen) atoms. The number of nitrogens with zero attached hydrogens (tertiary/aromatic N) is 2. The zero-order valence-corrected chi connectivity index (χ0v) is 16.2. The lowest BCUT2D eigenvalue weighted by molar-refractivity contribution is -0.130. The van der Waals surface area contributed by atoms with E-state index >= 15 is 0 Å². The van der Waals surface area contributed by atoms with Gasteiger partial charge in [0.15, 0.2) is 0 Å². The van der Waals surface area contributed by atoms with Crippen LogP contribution in [0.5, 0.6) is 0 Å². The number of likely N-dealkylation sites (tertiary alicyclic amines) is 1. The maximum Gasteiger partial charge on any atom is 0.240 e. The Balaban J connectivity index is 2.25. The third-order valence-electron chi connectivity index (χ3n) is 5.40. The third kappa shape index (κ3) is 4.17. The highest BCUT2D eigenvalue weighted by molar-refractivity contribution is 5.81. The summed E-state index contributed by atoms with van der Waals surface area (Å²) in [5.74, 6) is 0.305. The van der Waals surface area contributed by atoms with Crippen molar-refractivity contribution < 1.29 is 4.79 Å². The van der Waals surface area contributed by atoms with Crippen LogP contribution in [0, 0.1) is 10.8 Å². The average molecular weight is 321 g/mol. The van der Waals surface area contributed by atoms with Crippen molar-refractivity contribution in [3.05, 3.63) is 11.3 Å². The SMILES string of the molecule is CCCC(C)(C)C1=C(C(C)(C)C)N(C(=O)CN2CCCC2)CC1. The second-order valence-corrected chi connectivity index (χ2v) is 8.99. The normalized spacial score (nSPS) is 20.7. The van der Waals surface area contributed by atoms with Gasteiger partial charge in [-0.3, -0.25) is 9.69 Å². The number of amides is 1. The highest BCUT2D eigenvalue weighted by Crippen LogP contribution is 2.46. The molecule has 0 spiro atoms. The molecule has 0 aromatic rings. The second kappa shape index (κ2) is 6.96. The van der Waals surface area contributed by atoms with Crippen molar-refractivity contribution in [1.29, 1.82) is 0 Å². The number of allylic oxidation sites excluding steroid dienone is 1. The van der Waals surface area contributed by atoms with E-state index in [1.807, 2.05) is 0 Å². The molecule has 0 saturated carbocycles. The second-order valence-electron chi connectivity index (χ2n) is 8.99. The predicted molar refractivity (Wildman–Crippen MR) is 97.2 cm³/mol. The molecule has 0 atom stereocenters. The predicted octanol–water partition coefficient (Wildman–Crippen LogP) is 4.44. The summed E-state index contributed by atoms with van der Waals surface area (Å²) < 4.78 is 0. The summed E-state index contributed by atoms with van der Waals surface area (Å²) in [5.41, 5.74) is 3.04. The van der Waals surface area contributed by atoms with Crippen molar-refractivity contribution in [3.8, 4) is 0 Å². The molecular weight excluding hydrogens is 284 g/mol. The van der Waals surface area contributed by atoms with Crippen molar-refractivity contribution in [3.63, 3.8) is 0 Å². The summed E-state index contributed by atoms with van der Waals surface area (Å²) in [4.78, 5) is 17.4. The number of carbonyl (C=O) groups is 1. The van der Waals surface area contributed by atoms with Gasteiger partial charge in [-0.2, -0.15) is 0 Å². The minimum atomic E-state index is 0.0253. The monoisotopic (exact) mass is 320 g/mol. The van der Waals surface area contributed by atoms with Crippen LogP contribution in [-0.4, -0.2) is 41.9 Å². The Kier molecular flexibility index (Phi) is 5.60. The van der Waals surface area contributed by atoms with Gasteiger partial charge in [0.2, 0.25) is 5.91 Å². The molecule has 1 saturated heterocycles. The molecule has 3 nitrogen and oxygen atoms in total. The van der Waals surface area contributed by atoms with Gasteiger partial charge >= 0.3 is 0 Å². The first-order valence-corrected chi connectivity index (χ1v) is 9.43. The van der Waals surface area contributed by atoms with Crippen molar-refractivity contribution >= 4 is 5.91 Å². The standard InChI is InChI=1S/C20H36N2O/c1-7-11-20(5,6)16-10-14-22(18(16)19(2,3)4)17(23)15-21-12-8-9-13-21/h7-15H2,1-6H3. The van der Waals surface area contributed by atoms with Gasteiger partial charge in [-0.15, -0.1) is 0 Å². The molecule has 0 aliphatic carbocycles. The van der Waals surface area contributed by atoms with Crippen LogP contribution in [0.4, 0.5) is 0 Å². The van der Waals surface area contributed by atoms with Crippen molar-refractivity contribution in [2.24, 2.45) is 10.8 Å². The fraction of sp³-hybridized carbons (Fsp3) is 0.850. The summed E-state index contributed by atoms with van der Waals surface area (Å²) in [6, 6.07) is 0. The molecule has 1 amide bonds. The van der Waals surface area contributed by atoms with Crippen molar-refractivity contribution in [2.75, 3.05) is 26.2 Å². The number of carbonyl (C=O) groups excluding carboxylic acids is 1. The number of rotatable bonds is 5. The molecule has 2 heterocycles. The quantitative estimate of drug-likeness (QED) is 0.747. The first-order chi connectivity index (χ1) is 10.7. The number of hydrogen-bond donors (Lipinski definition) is 0.